The minimum atomic E-state index is 0.114. The van der Waals surface area contributed by atoms with Gasteiger partial charge in [0.15, 0.2) is 0 Å². The van der Waals surface area contributed by atoms with Crippen molar-refractivity contribution in [1.82, 2.24) is 14.7 Å². The summed E-state index contributed by atoms with van der Waals surface area (Å²) in [6.45, 7) is 6.97. The Morgan fingerprint density at radius 2 is 2.00 bits per heavy atom. The van der Waals surface area contributed by atoms with Gasteiger partial charge in [0.1, 0.15) is 0 Å². The van der Waals surface area contributed by atoms with E-state index in [2.05, 4.69) is 36.1 Å². The number of thioether (sulfide) groups is 1. The Hall–Kier alpha value is -1.53. The average molecular weight is 347 g/mol. The van der Waals surface area contributed by atoms with E-state index in [0.717, 1.165) is 38.5 Å². The molecule has 0 N–H and O–H groups in total. The number of amides is 2. The summed E-state index contributed by atoms with van der Waals surface area (Å²) in [7, 11) is 0. The van der Waals surface area contributed by atoms with Crippen LogP contribution in [0.5, 0.6) is 0 Å². The lowest BCUT2D eigenvalue weighted by molar-refractivity contribution is -0.135. The maximum absolute atomic E-state index is 12.5. The molecule has 0 spiro atoms. The molecule has 5 nitrogen and oxygen atoms in total. The van der Waals surface area contributed by atoms with Gasteiger partial charge in [0.25, 0.3) is 5.24 Å². The minimum absolute atomic E-state index is 0.114. The lowest BCUT2D eigenvalue weighted by Gasteiger charge is -2.40. The highest BCUT2D eigenvalue weighted by molar-refractivity contribution is 8.13. The van der Waals surface area contributed by atoms with Crippen LogP contribution in [0.2, 0.25) is 0 Å². The van der Waals surface area contributed by atoms with Gasteiger partial charge in [-0.1, -0.05) is 42.1 Å². The van der Waals surface area contributed by atoms with Crippen LogP contribution in [0.4, 0.5) is 4.79 Å². The Kier molecular flexibility index (Phi) is 5.79. The first kappa shape index (κ1) is 17.3. The van der Waals surface area contributed by atoms with Crippen LogP contribution in [-0.2, 0) is 11.3 Å². The van der Waals surface area contributed by atoms with Crippen molar-refractivity contribution in [2.45, 2.75) is 25.9 Å². The summed E-state index contributed by atoms with van der Waals surface area (Å²) in [4.78, 5) is 30.3. The maximum Gasteiger partial charge on any atom is 0.281 e. The lowest BCUT2D eigenvalue weighted by atomic mass is 10.1. The van der Waals surface area contributed by atoms with E-state index in [4.69, 9.17) is 0 Å². The molecular formula is C18H25N3O2S. The molecule has 3 rings (SSSR count). The first-order valence-corrected chi connectivity index (χ1v) is 9.59. The molecule has 24 heavy (non-hydrogen) atoms. The maximum atomic E-state index is 12.5. The molecular weight excluding hydrogens is 322 g/mol. The van der Waals surface area contributed by atoms with Gasteiger partial charge in [0, 0.05) is 57.5 Å². The van der Waals surface area contributed by atoms with E-state index in [1.807, 2.05) is 11.0 Å². The van der Waals surface area contributed by atoms with Crippen molar-refractivity contribution < 1.29 is 9.59 Å². The highest BCUT2D eigenvalue weighted by Gasteiger charge is 2.28. The fraction of sp³-hybridized carbons (Fsp3) is 0.556. The zero-order valence-corrected chi connectivity index (χ0v) is 15.0. The van der Waals surface area contributed by atoms with Crippen LogP contribution in [0.25, 0.3) is 0 Å². The summed E-state index contributed by atoms with van der Waals surface area (Å²) >= 11 is 1.35. The summed E-state index contributed by atoms with van der Waals surface area (Å²) in [5.41, 5.74) is 1.31. The molecule has 6 heteroatoms. The van der Waals surface area contributed by atoms with Gasteiger partial charge < -0.3 is 9.80 Å². The second kappa shape index (κ2) is 8.03. The molecule has 2 aliphatic rings. The van der Waals surface area contributed by atoms with Crippen LogP contribution in [0.1, 0.15) is 18.9 Å². The fourth-order valence-electron chi connectivity index (χ4n) is 3.39. The molecule has 0 aromatic heterocycles. The van der Waals surface area contributed by atoms with Crippen LogP contribution < -0.4 is 0 Å². The van der Waals surface area contributed by atoms with Crippen molar-refractivity contribution in [2.75, 3.05) is 38.5 Å². The molecule has 0 radical (unpaired) electrons. The van der Waals surface area contributed by atoms with Crippen molar-refractivity contribution in [2.24, 2.45) is 0 Å². The van der Waals surface area contributed by atoms with E-state index in [9.17, 15) is 9.59 Å². The average Bonchev–Trinajstić information content (AvgIpc) is 2.99. The van der Waals surface area contributed by atoms with Gasteiger partial charge >= 0.3 is 0 Å². The zero-order chi connectivity index (χ0) is 16.9. The molecule has 1 atom stereocenters. The highest BCUT2D eigenvalue weighted by atomic mass is 32.2. The third kappa shape index (κ3) is 4.30. The predicted octanol–water partition coefficient (Wildman–Crippen LogP) is 2.28. The van der Waals surface area contributed by atoms with Gasteiger partial charge in [-0.05, 0) is 12.5 Å². The largest absolute Gasteiger partial charge is 0.337 e. The molecule has 1 aromatic carbocycles. The van der Waals surface area contributed by atoms with E-state index >= 15 is 0 Å². The SMILES string of the molecule is C[C@@H]1CN(Cc2ccccc2)CCN1C(=O)CCN1CCSC1=O. The molecule has 2 amide bonds. The van der Waals surface area contributed by atoms with Crippen molar-refractivity contribution in [3.63, 3.8) is 0 Å². The minimum Gasteiger partial charge on any atom is -0.337 e. The van der Waals surface area contributed by atoms with Crippen molar-refractivity contribution in [1.29, 1.82) is 0 Å². The summed E-state index contributed by atoms with van der Waals surface area (Å²) < 4.78 is 0. The van der Waals surface area contributed by atoms with Crippen molar-refractivity contribution in [3.05, 3.63) is 35.9 Å². The molecule has 0 bridgehead atoms. The lowest BCUT2D eigenvalue weighted by Crippen LogP contribution is -2.54. The molecule has 0 aliphatic carbocycles. The Labute approximate surface area is 148 Å². The second-order valence-corrected chi connectivity index (χ2v) is 7.55. The Bertz CT molecular complexity index is 581. The van der Waals surface area contributed by atoms with E-state index in [1.54, 1.807) is 4.90 Å². The number of benzene rings is 1. The Morgan fingerprint density at radius 1 is 1.21 bits per heavy atom. The van der Waals surface area contributed by atoms with Gasteiger partial charge in [-0.15, -0.1) is 0 Å². The Balaban J connectivity index is 1.46. The van der Waals surface area contributed by atoms with Gasteiger partial charge in [0.05, 0.1) is 0 Å². The van der Waals surface area contributed by atoms with Crippen LogP contribution in [0.15, 0.2) is 30.3 Å². The molecule has 0 unspecified atom stereocenters. The van der Waals surface area contributed by atoms with Gasteiger partial charge in [-0.2, -0.15) is 0 Å². The topological polar surface area (TPSA) is 43.9 Å². The summed E-state index contributed by atoms with van der Waals surface area (Å²) in [5.74, 6) is 1.02. The van der Waals surface area contributed by atoms with E-state index in [-0.39, 0.29) is 17.2 Å². The second-order valence-electron chi connectivity index (χ2n) is 6.51. The highest BCUT2D eigenvalue weighted by Crippen LogP contribution is 2.18. The molecule has 0 saturated carbocycles. The summed E-state index contributed by atoms with van der Waals surface area (Å²) in [6.07, 6.45) is 0.440. The quantitative estimate of drug-likeness (QED) is 0.820. The third-order valence-electron chi connectivity index (χ3n) is 4.72. The monoisotopic (exact) mass is 347 g/mol. The molecule has 2 fully saturated rings. The first-order valence-electron chi connectivity index (χ1n) is 8.61. The van der Waals surface area contributed by atoms with Crippen molar-refractivity contribution >= 4 is 22.9 Å². The van der Waals surface area contributed by atoms with Crippen LogP contribution in [0, 0.1) is 0 Å². The van der Waals surface area contributed by atoms with Gasteiger partial charge in [-0.25, -0.2) is 0 Å². The fourth-order valence-corrected chi connectivity index (χ4v) is 4.24. The van der Waals surface area contributed by atoms with E-state index in [0.29, 0.717) is 13.0 Å². The summed E-state index contributed by atoms with van der Waals surface area (Å²) in [5, 5.41) is 0.114. The van der Waals surface area contributed by atoms with E-state index < -0.39 is 0 Å². The number of rotatable bonds is 5. The molecule has 2 saturated heterocycles. The molecule has 2 aliphatic heterocycles. The normalized spacial score (nSPS) is 22.2. The van der Waals surface area contributed by atoms with Gasteiger partial charge in [-0.3, -0.25) is 14.5 Å². The molecule has 1 aromatic rings. The third-order valence-corrected chi connectivity index (χ3v) is 5.61. The zero-order valence-electron chi connectivity index (χ0n) is 14.2. The first-order chi connectivity index (χ1) is 11.6. The van der Waals surface area contributed by atoms with Gasteiger partial charge in [0.2, 0.25) is 5.91 Å². The number of hydrogen-bond donors (Lipinski definition) is 0. The number of hydrogen-bond acceptors (Lipinski definition) is 4. The van der Waals surface area contributed by atoms with Crippen LogP contribution in [-0.4, -0.2) is 70.4 Å². The molecule has 2 heterocycles. The number of carbonyl (C=O) groups excluding carboxylic acids is 2. The van der Waals surface area contributed by atoms with Crippen molar-refractivity contribution in [3.8, 4) is 0 Å². The predicted molar refractivity (Wildman–Crippen MR) is 96.9 cm³/mol. The van der Waals surface area contributed by atoms with Crippen LogP contribution >= 0.6 is 11.8 Å². The standard InChI is InChI=1S/C18H25N3O2S/c1-15-13-19(14-16-5-3-2-4-6-16)9-10-21(15)17(22)7-8-20-11-12-24-18(20)23/h2-6,15H,7-14H2,1H3/t15-/m1/s1. The van der Waals surface area contributed by atoms with Crippen LogP contribution in [0.3, 0.4) is 0 Å². The smallest absolute Gasteiger partial charge is 0.281 e. The van der Waals surface area contributed by atoms with E-state index in [1.165, 1.54) is 17.3 Å². The summed E-state index contributed by atoms with van der Waals surface area (Å²) in [6, 6.07) is 10.7. The number of nitrogens with zero attached hydrogens (tertiary/aromatic N) is 3. The molecule has 130 valence electrons. The number of carbonyl (C=O) groups is 2. The number of piperazine rings is 1. The Morgan fingerprint density at radius 3 is 2.67 bits per heavy atom.